The second kappa shape index (κ2) is 10.7. The monoisotopic (exact) mass is 491 g/mol. The number of hydrogen-bond acceptors (Lipinski definition) is 6. The lowest BCUT2D eigenvalue weighted by atomic mass is 10.0. The Bertz CT molecular complexity index is 1290. The number of thiophene rings is 1. The van der Waals surface area contributed by atoms with Crippen LogP contribution in [-0.2, 0) is 35.5 Å². The molecule has 0 fully saturated rings. The van der Waals surface area contributed by atoms with E-state index in [-0.39, 0.29) is 18.2 Å². The summed E-state index contributed by atoms with van der Waals surface area (Å²) in [5.74, 6) is 1.58. The quantitative estimate of drug-likeness (QED) is 0.514. The Morgan fingerprint density at radius 1 is 1.29 bits per heavy atom. The Labute approximate surface area is 209 Å². The molecule has 3 heterocycles. The van der Waals surface area contributed by atoms with Crippen LogP contribution in [0.4, 0.5) is 5.00 Å². The van der Waals surface area contributed by atoms with Crippen LogP contribution in [0.5, 0.6) is 5.75 Å². The number of nitrogens with one attached hydrogen (secondary N) is 1. The Morgan fingerprint density at radius 2 is 2.11 bits per heavy atom. The van der Waals surface area contributed by atoms with Gasteiger partial charge in [0.1, 0.15) is 22.6 Å². The fraction of sp³-hybridized carbons (Fsp3) is 0.385. The molecular weight excluding hydrogens is 462 g/mol. The van der Waals surface area contributed by atoms with Crippen molar-refractivity contribution in [2.75, 3.05) is 19.0 Å². The second-order valence-electron chi connectivity index (χ2n) is 8.67. The highest BCUT2D eigenvalue weighted by atomic mass is 32.1. The van der Waals surface area contributed by atoms with Crippen molar-refractivity contribution in [2.24, 2.45) is 0 Å². The van der Waals surface area contributed by atoms with Crippen molar-refractivity contribution in [1.29, 1.82) is 5.26 Å². The normalized spacial score (nSPS) is 12.7. The van der Waals surface area contributed by atoms with Crippen molar-refractivity contribution in [3.05, 3.63) is 63.5 Å². The Kier molecular flexibility index (Phi) is 7.51. The van der Waals surface area contributed by atoms with Gasteiger partial charge >= 0.3 is 0 Å². The van der Waals surface area contributed by atoms with Gasteiger partial charge in [-0.1, -0.05) is 17.7 Å². The molecule has 1 aliphatic rings. The number of carbonyl (C=O) groups is 2. The molecule has 0 saturated heterocycles. The number of carbonyl (C=O) groups excluding carboxylic acids is 2. The Balaban J connectivity index is 1.38. The summed E-state index contributed by atoms with van der Waals surface area (Å²) in [4.78, 5) is 32.5. The molecule has 0 bridgehead atoms. The van der Waals surface area contributed by atoms with Gasteiger partial charge in [-0.15, -0.1) is 11.3 Å². The Morgan fingerprint density at radius 3 is 2.83 bits per heavy atom. The van der Waals surface area contributed by atoms with E-state index in [4.69, 9.17) is 4.74 Å². The summed E-state index contributed by atoms with van der Waals surface area (Å²) >= 11 is 1.40. The first-order chi connectivity index (χ1) is 16.9. The van der Waals surface area contributed by atoms with E-state index in [0.29, 0.717) is 49.5 Å². The molecule has 0 unspecified atom stereocenters. The molecule has 2 amide bonds. The van der Waals surface area contributed by atoms with E-state index in [1.165, 1.54) is 11.3 Å². The lowest BCUT2D eigenvalue weighted by molar-refractivity contribution is -0.132. The number of imidazole rings is 1. The smallest absolute Gasteiger partial charge is 0.225 e. The highest BCUT2D eigenvalue weighted by Gasteiger charge is 2.27. The van der Waals surface area contributed by atoms with E-state index >= 15 is 0 Å². The van der Waals surface area contributed by atoms with Crippen molar-refractivity contribution in [3.63, 3.8) is 0 Å². The van der Waals surface area contributed by atoms with E-state index in [1.54, 1.807) is 13.3 Å². The van der Waals surface area contributed by atoms with Gasteiger partial charge in [0.2, 0.25) is 11.8 Å². The molecule has 3 aromatic rings. The van der Waals surface area contributed by atoms with Crippen LogP contribution in [0.15, 0.2) is 30.6 Å². The number of fused-ring (bicyclic) bond motifs is 1. The standard InChI is InChI=1S/C26H29N5O3S/c1-17-4-6-22(34-3)19(14-17)5-7-24(32)29-26-21(15-27)20-8-11-31(16-23(20)35-26)25(33)9-12-30-13-10-28-18(30)2/h4,6,10,13-14H,5,7-9,11-12,16H2,1-3H3,(H,29,32). The third-order valence-corrected chi connectivity index (χ3v) is 7.45. The van der Waals surface area contributed by atoms with Crippen LogP contribution in [0.1, 0.15) is 45.8 Å². The maximum absolute atomic E-state index is 12.8. The van der Waals surface area contributed by atoms with Crippen molar-refractivity contribution in [2.45, 2.75) is 52.6 Å². The average Bonchev–Trinajstić information content (AvgIpc) is 3.42. The maximum atomic E-state index is 12.8. The van der Waals surface area contributed by atoms with Gasteiger partial charge < -0.3 is 19.5 Å². The topological polar surface area (TPSA) is 100 Å². The number of hydrogen-bond donors (Lipinski definition) is 1. The molecule has 0 spiro atoms. The van der Waals surface area contributed by atoms with Crippen LogP contribution in [0.2, 0.25) is 0 Å². The summed E-state index contributed by atoms with van der Waals surface area (Å²) in [6, 6.07) is 8.18. The van der Waals surface area contributed by atoms with Crippen molar-refractivity contribution >= 4 is 28.2 Å². The predicted octanol–water partition coefficient (Wildman–Crippen LogP) is 3.99. The molecular formula is C26H29N5O3S. The molecule has 1 aliphatic heterocycles. The summed E-state index contributed by atoms with van der Waals surface area (Å²) in [5, 5.41) is 13.3. The zero-order chi connectivity index (χ0) is 24.9. The maximum Gasteiger partial charge on any atom is 0.225 e. The molecule has 1 aromatic carbocycles. The van der Waals surface area contributed by atoms with Crippen LogP contribution in [0.3, 0.4) is 0 Å². The number of aromatic nitrogens is 2. The van der Waals surface area contributed by atoms with E-state index in [2.05, 4.69) is 16.4 Å². The van der Waals surface area contributed by atoms with Gasteiger partial charge in [0, 0.05) is 43.2 Å². The van der Waals surface area contributed by atoms with Gasteiger partial charge in [-0.3, -0.25) is 9.59 Å². The SMILES string of the molecule is COc1ccc(C)cc1CCC(=O)Nc1sc2c(c1C#N)CCN(C(=O)CCn1ccnc1C)C2. The Hall–Kier alpha value is -3.64. The molecule has 0 radical (unpaired) electrons. The molecule has 8 nitrogen and oxygen atoms in total. The second-order valence-corrected chi connectivity index (χ2v) is 9.77. The number of nitriles is 1. The molecule has 0 aliphatic carbocycles. The van der Waals surface area contributed by atoms with E-state index in [1.807, 2.05) is 47.7 Å². The lowest BCUT2D eigenvalue weighted by Gasteiger charge is -2.27. The van der Waals surface area contributed by atoms with E-state index in [9.17, 15) is 14.9 Å². The highest BCUT2D eigenvalue weighted by molar-refractivity contribution is 7.16. The number of benzene rings is 1. The highest BCUT2D eigenvalue weighted by Crippen LogP contribution is 2.37. The molecule has 9 heteroatoms. The summed E-state index contributed by atoms with van der Waals surface area (Å²) < 4.78 is 7.37. The molecule has 0 atom stereocenters. The number of rotatable bonds is 8. The molecule has 1 N–H and O–H groups in total. The zero-order valence-corrected chi connectivity index (χ0v) is 21.1. The van der Waals surface area contributed by atoms with E-state index in [0.717, 1.165) is 33.1 Å². The van der Waals surface area contributed by atoms with Gasteiger partial charge in [0.05, 0.1) is 19.2 Å². The first kappa shape index (κ1) is 24.5. The van der Waals surface area contributed by atoms with Gasteiger partial charge in [-0.2, -0.15) is 5.26 Å². The minimum atomic E-state index is -0.146. The van der Waals surface area contributed by atoms with Crippen molar-refractivity contribution in [3.8, 4) is 11.8 Å². The van der Waals surface area contributed by atoms with Crippen LogP contribution < -0.4 is 10.1 Å². The fourth-order valence-electron chi connectivity index (χ4n) is 4.38. The number of amides is 2. The van der Waals surface area contributed by atoms with Crippen LogP contribution in [0, 0.1) is 25.2 Å². The van der Waals surface area contributed by atoms with Crippen molar-refractivity contribution in [1.82, 2.24) is 14.5 Å². The van der Waals surface area contributed by atoms with Crippen LogP contribution in [-0.4, -0.2) is 39.9 Å². The molecule has 4 rings (SSSR count). The van der Waals surface area contributed by atoms with Crippen LogP contribution in [0.25, 0.3) is 0 Å². The number of anilines is 1. The zero-order valence-electron chi connectivity index (χ0n) is 20.3. The van der Waals surface area contributed by atoms with Gasteiger partial charge in [0.15, 0.2) is 0 Å². The van der Waals surface area contributed by atoms with Gasteiger partial charge in [-0.05, 0) is 43.9 Å². The summed E-state index contributed by atoms with van der Waals surface area (Å²) in [6.07, 6.45) is 5.44. The third kappa shape index (κ3) is 5.54. The van der Waals surface area contributed by atoms with E-state index < -0.39 is 0 Å². The summed E-state index contributed by atoms with van der Waals surface area (Å²) in [6.45, 7) is 5.55. The molecule has 182 valence electrons. The number of nitrogens with zero attached hydrogens (tertiary/aromatic N) is 4. The lowest BCUT2D eigenvalue weighted by Crippen LogP contribution is -2.35. The first-order valence-electron chi connectivity index (χ1n) is 11.6. The third-order valence-electron chi connectivity index (χ3n) is 6.32. The number of ether oxygens (including phenoxy) is 1. The largest absolute Gasteiger partial charge is 0.496 e. The number of aryl methyl sites for hydroxylation is 4. The average molecular weight is 492 g/mol. The predicted molar refractivity (Wildman–Crippen MR) is 134 cm³/mol. The fourth-order valence-corrected chi connectivity index (χ4v) is 5.61. The summed E-state index contributed by atoms with van der Waals surface area (Å²) in [7, 11) is 1.62. The molecule has 2 aromatic heterocycles. The van der Waals surface area contributed by atoms with Gasteiger partial charge in [0.25, 0.3) is 0 Å². The van der Waals surface area contributed by atoms with Crippen LogP contribution >= 0.6 is 11.3 Å². The van der Waals surface area contributed by atoms with Crippen molar-refractivity contribution < 1.29 is 14.3 Å². The first-order valence-corrected chi connectivity index (χ1v) is 12.4. The molecule has 35 heavy (non-hydrogen) atoms. The number of methoxy groups -OCH3 is 1. The summed E-state index contributed by atoms with van der Waals surface area (Å²) in [5.41, 5.74) is 3.56. The van der Waals surface area contributed by atoms with Gasteiger partial charge in [-0.25, -0.2) is 4.98 Å². The minimum absolute atomic E-state index is 0.0772. The molecule has 0 saturated carbocycles. The minimum Gasteiger partial charge on any atom is -0.496 e.